The molecule has 0 unspecified atom stereocenters. The Hall–Kier alpha value is -1.67. The number of rotatable bonds is 5. The van der Waals surface area contributed by atoms with Gasteiger partial charge in [-0.25, -0.2) is 4.39 Å². The fourth-order valence-corrected chi connectivity index (χ4v) is 2.17. The van der Waals surface area contributed by atoms with Gasteiger partial charge < -0.3 is 5.32 Å². The van der Waals surface area contributed by atoms with Crippen LogP contribution in [-0.4, -0.2) is 6.54 Å². The quantitative estimate of drug-likeness (QED) is 0.787. The zero-order valence-electron chi connectivity index (χ0n) is 11.5. The molecule has 0 bridgehead atoms. The van der Waals surface area contributed by atoms with Crippen molar-refractivity contribution in [1.82, 2.24) is 5.32 Å². The van der Waals surface area contributed by atoms with Gasteiger partial charge in [-0.3, -0.25) is 0 Å². The van der Waals surface area contributed by atoms with Gasteiger partial charge in [-0.2, -0.15) is 0 Å². The van der Waals surface area contributed by atoms with Gasteiger partial charge in [0, 0.05) is 6.54 Å². The molecule has 0 radical (unpaired) electrons. The highest BCUT2D eigenvalue weighted by atomic mass is 19.1. The van der Waals surface area contributed by atoms with E-state index in [9.17, 15) is 4.39 Å². The molecule has 0 heterocycles. The van der Waals surface area contributed by atoms with Crippen LogP contribution in [0, 0.1) is 12.7 Å². The molecule has 0 aliphatic rings. The van der Waals surface area contributed by atoms with Crippen molar-refractivity contribution in [2.45, 2.75) is 26.8 Å². The molecule has 19 heavy (non-hydrogen) atoms. The third kappa shape index (κ3) is 3.65. The van der Waals surface area contributed by atoms with Crippen molar-refractivity contribution in [1.29, 1.82) is 0 Å². The molecule has 1 nitrogen and oxygen atoms in total. The molecular formula is C17H20FN. The Labute approximate surface area is 114 Å². The van der Waals surface area contributed by atoms with Crippen molar-refractivity contribution in [2.75, 3.05) is 6.54 Å². The van der Waals surface area contributed by atoms with Crippen molar-refractivity contribution >= 4 is 0 Å². The van der Waals surface area contributed by atoms with Crippen LogP contribution >= 0.6 is 0 Å². The molecule has 2 aromatic carbocycles. The standard InChI is InChI=1S/C17H20FN/c1-3-9-19-12-15-8-7-13(2)10-17(15)14-5-4-6-16(18)11-14/h4-8,10-11,19H,3,9,12H2,1-2H3. The molecule has 0 aliphatic heterocycles. The Morgan fingerprint density at radius 2 is 1.95 bits per heavy atom. The number of aryl methyl sites for hydroxylation is 1. The predicted molar refractivity (Wildman–Crippen MR) is 78.6 cm³/mol. The van der Waals surface area contributed by atoms with Crippen LogP contribution in [0.1, 0.15) is 24.5 Å². The first-order valence-corrected chi connectivity index (χ1v) is 6.77. The monoisotopic (exact) mass is 257 g/mol. The Bertz CT molecular complexity index is 549. The summed E-state index contributed by atoms with van der Waals surface area (Å²) in [6, 6.07) is 13.1. The third-order valence-electron chi connectivity index (χ3n) is 3.14. The van der Waals surface area contributed by atoms with E-state index >= 15 is 0 Å². The predicted octanol–water partition coefficient (Wildman–Crippen LogP) is 4.30. The van der Waals surface area contributed by atoms with Crippen LogP contribution in [0.2, 0.25) is 0 Å². The lowest BCUT2D eigenvalue weighted by Crippen LogP contribution is -2.14. The molecule has 0 fully saturated rings. The number of hydrogen-bond acceptors (Lipinski definition) is 1. The lowest BCUT2D eigenvalue weighted by Gasteiger charge is -2.12. The zero-order valence-corrected chi connectivity index (χ0v) is 11.5. The molecule has 0 saturated heterocycles. The minimum absolute atomic E-state index is 0.188. The number of benzene rings is 2. The van der Waals surface area contributed by atoms with Gasteiger partial charge in [-0.1, -0.05) is 42.8 Å². The SMILES string of the molecule is CCCNCc1ccc(C)cc1-c1cccc(F)c1. The minimum atomic E-state index is -0.188. The van der Waals surface area contributed by atoms with Gasteiger partial charge >= 0.3 is 0 Å². The first-order chi connectivity index (χ1) is 9.20. The molecule has 2 heteroatoms. The van der Waals surface area contributed by atoms with Crippen LogP contribution in [0.15, 0.2) is 42.5 Å². The molecule has 0 amide bonds. The second-order valence-corrected chi connectivity index (χ2v) is 4.85. The van der Waals surface area contributed by atoms with Crippen LogP contribution in [0.4, 0.5) is 4.39 Å². The van der Waals surface area contributed by atoms with Crippen LogP contribution in [0.3, 0.4) is 0 Å². The van der Waals surface area contributed by atoms with Crippen molar-refractivity contribution in [3.05, 3.63) is 59.4 Å². The second-order valence-electron chi connectivity index (χ2n) is 4.85. The Kier molecular flexibility index (Phi) is 4.69. The van der Waals surface area contributed by atoms with Gasteiger partial charge in [-0.05, 0) is 48.7 Å². The summed E-state index contributed by atoms with van der Waals surface area (Å²) in [5.41, 5.74) is 4.46. The third-order valence-corrected chi connectivity index (χ3v) is 3.14. The van der Waals surface area contributed by atoms with Gasteiger partial charge in [0.1, 0.15) is 5.82 Å². The molecule has 2 rings (SSSR count). The second kappa shape index (κ2) is 6.48. The summed E-state index contributed by atoms with van der Waals surface area (Å²) in [5.74, 6) is -0.188. The molecule has 2 aromatic rings. The normalized spacial score (nSPS) is 10.7. The summed E-state index contributed by atoms with van der Waals surface area (Å²) in [6.45, 7) is 6.03. The molecule has 0 saturated carbocycles. The van der Waals surface area contributed by atoms with E-state index in [0.717, 1.165) is 30.6 Å². The summed E-state index contributed by atoms with van der Waals surface area (Å²) in [4.78, 5) is 0. The van der Waals surface area contributed by atoms with E-state index in [1.54, 1.807) is 12.1 Å². The topological polar surface area (TPSA) is 12.0 Å². The highest BCUT2D eigenvalue weighted by molar-refractivity contribution is 5.68. The van der Waals surface area contributed by atoms with Crippen molar-refractivity contribution in [3.63, 3.8) is 0 Å². The molecule has 100 valence electrons. The van der Waals surface area contributed by atoms with Gasteiger partial charge in [0.15, 0.2) is 0 Å². The lowest BCUT2D eigenvalue weighted by atomic mass is 9.97. The zero-order chi connectivity index (χ0) is 13.7. The molecule has 1 N–H and O–H groups in total. The van der Waals surface area contributed by atoms with Crippen molar-refractivity contribution in [3.8, 4) is 11.1 Å². The van der Waals surface area contributed by atoms with E-state index in [0.29, 0.717) is 0 Å². The summed E-state index contributed by atoms with van der Waals surface area (Å²) in [7, 11) is 0. The van der Waals surface area contributed by atoms with Crippen LogP contribution < -0.4 is 5.32 Å². The van der Waals surface area contributed by atoms with E-state index in [1.165, 1.54) is 17.2 Å². The average molecular weight is 257 g/mol. The first-order valence-electron chi connectivity index (χ1n) is 6.77. The van der Waals surface area contributed by atoms with Crippen LogP contribution in [0.5, 0.6) is 0 Å². The maximum Gasteiger partial charge on any atom is 0.123 e. The Morgan fingerprint density at radius 3 is 2.68 bits per heavy atom. The number of halogens is 1. The maximum atomic E-state index is 13.4. The van der Waals surface area contributed by atoms with E-state index in [-0.39, 0.29) is 5.82 Å². The minimum Gasteiger partial charge on any atom is -0.313 e. The lowest BCUT2D eigenvalue weighted by molar-refractivity contribution is 0.628. The van der Waals surface area contributed by atoms with E-state index in [1.807, 2.05) is 6.07 Å². The highest BCUT2D eigenvalue weighted by Gasteiger charge is 2.06. The molecule has 0 spiro atoms. The fraction of sp³-hybridized carbons (Fsp3) is 0.294. The fourth-order valence-electron chi connectivity index (χ4n) is 2.17. The van der Waals surface area contributed by atoms with E-state index in [4.69, 9.17) is 0 Å². The molecular weight excluding hydrogens is 237 g/mol. The largest absolute Gasteiger partial charge is 0.313 e. The molecule has 0 atom stereocenters. The first kappa shape index (κ1) is 13.8. The summed E-state index contributed by atoms with van der Waals surface area (Å²) in [5, 5.41) is 3.40. The van der Waals surface area contributed by atoms with Crippen LogP contribution in [-0.2, 0) is 6.54 Å². The number of nitrogens with one attached hydrogen (secondary N) is 1. The molecule has 0 aliphatic carbocycles. The van der Waals surface area contributed by atoms with Gasteiger partial charge in [-0.15, -0.1) is 0 Å². The average Bonchev–Trinajstić information content (AvgIpc) is 2.40. The summed E-state index contributed by atoms with van der Waals surface area (Å²) in [6.07, 6.45) is 1.11. The van der Waals surface area contributed by atoms with Crippen LogP contribution in [0.25, 0.3) is 11.1 Å². The molecule has 0 aromatic heterocycles. The van der Waals surface area contributed by atoms with E-state index < -0.39 is 0 Å². The summed E-state index contributed by atoms with van der Waals surface area (Å²) >= 11 is 0. The van der Waals surface area contributed by atoms with E-state index in [2.05, 4.69) is 37.4 Å². The number of hydrogen-bond donors (Lipinski definition) is 1. The highest BCUT2D eigenvalue weighted by Crippen LogP contribution is 2.25. The Morgan fingerprint density at radius 1 is 1.11 bits per heavy atom. The Balaban J connectivity index is 2.34. The van der Waals surface area contributed by atoms with Gasteiger partial charge in [0.2, 0.25) is 0 Å². The van der Waals surface area contributed by atoms with Crippen molar-refractivity contribution < 1.29 is 4.39 Å². The van der Waals surface area contributed by atoms with Gasteiger partial charge in [0.25, 0.3) is 0 Å². The van der Waals surface area contributed by atoms with Gasteiger partial charge in [0.05, 0.1) is 0 Å². The summed E-state index contributed by atoms with van der Waals surface area (Å²) < 4.78 is 13.4. The maximum absolute atomic E-state index is 13.4. The van der Waals surface area contributed by atoms with Crippen molar-refractivity contribution in [2.24, 2.45) is 0 Å². The smallest absolute Gasteiger partial charge is 0.123 e.